The number of thiophene rings is 1. The first-order chi connectivity index (χ1) is 17.4. The molecule has 0 bridgehead atoms. The zero-order valence-corrected chi connectivity index (χ0v) is 25.0. The summed E-state index contributed by atoms with van der Waals surface area (Å²) >= 11 is 10.1. The second-order valence-corrected chi connectivity index (χ2v) is 14.3. The SMILES string of the molecule is CSc1cccc2sc(N(CCN3CCOCC3)C(=O)C3CCCN3S(=O)(=O)c3ccc(Cl)s3)nc12.Cl. The van der Waals surface area contributed by atoms with Crippen molar-refractivity contribution in [1.82, 2.24) is 14.2 Å². The van der Waals surface area contributed by atoms with Gasteiger partial charge in [0.1, 0.15) is 10.3 Å². The van der Waals surface area contributed by atoms with Gasteiger partial charge in [-0.2, -0.15) is 4.31 Å². The number of rotatable bonds is 8. The minimum Gasteiger partial charge on any atom is -0.379 e. The Morgan fingerprint density at radius 3 is 2.70 bits per heavy atom. The highest BCUT2D eigenvalue weighted by Gasteiger charge is 2.42. The molecule has 2 aromatic heterocycles. The quantitative estimate of drug-likeness (QED) is 0.338. The highest BCUT2D eigenvalue weighted by Crippen LogP contribution is 2.37. The molecular weight excluding hydrogens is 595 g/mol. The minimum absolute atomic E-state index is 0. The van der Waals surface area contributed by atoms with E-state index in [0.29, 0.717) is 55.2 Å². The third-order valence-electron chi connectivity index (χ3n) is 6.43. The van der Waals surface area contributed by atoms with Crippen molar-refractivity contribution in [2.45, 2.75) is 28.0 Å². The van der Waals surface area contributed by atoms with Gasteiger partial charge < -0.3 is 4.74 Å². The van der Waals surface area contributed by atoms with Crippen molar-refractivity contribution in [2.24, 2.45) is 0 Å². The van der Waals surface area contributed by atoms with Crippen LogP contribution < -0.4 is 4.90 Å². The number of carbonyl (C=O) groups is 1. The smallest absolute Gasteiger partial charge is 0.253 e. The minimum atomic E-state index is -3.83. The number of ether oxygens (including phenoxy) is 1. The lowest BCUT2D eigenvalue weighted by Crippen LogP contribution is -2.50. The maximum absolute atomic E-state index is 14.1. The first kappa shape index (κ1) is 29.0. The molecule has 0 aliphatic carbocycles. The van der Waals surface area contributed by atoms with Gasteiger partial charge in [-0.3, -0.25) is 14.6 Å². The number of nitrogens with zero attached hydrogens (tertiary/aromatic N) is 4. The lowest BCUT2D eigenvalue weighted by atomic mass is 10.2. The van der Waals surface area contributed by atoms with E-state index in [1.165, 1.54) is 21.7 Å². The largest absolute Gasteiger partial charge is 0.379 e. The fourth-order valence-corrected chi connectivity index (χ4v) is 9.48. The van der Waals surface area contributed by atoms with E-state index in [4.69, 9.17) is 21.3 Å². The predicted octanol–water partition coefficient (Wildman–Crippen LogP) is 4.67. The molecule has 1 atom stereocenters. The zero-order valence-electron chi connectivity index (χ0n) is 20.2. The molecule has 0 saturated carbocycles. The number of halogens is 2. The number of thiazole rings is 1. The van der Waals surface area contributed by atoms with Crippen LogP contribution in [0.2, 0.25) is 4.34 Å². The van der Waals surface area contributed by atoms with E-state index in [1.54, 1.807) is 22.7 Å². The molecule has 0 N–H and O–H groups in total. The Hall–Kier alpha value is -0.960. The number of thioether (sulfide) groups is 1. The second kappa shape index (κ2) is 12.5. The van der Waals surface area contributed by atoms with Crippen molar-refractivity contribution < 1.29 is 17.9 Å². The second-order valence-electron chi connectivity index (χ2n) is 8.58. The number of anilines is 1. The summed E-state index contributed by atoms with van der Waals surface area (Å²) in [6.45, 7) is 4.36. The third kappa shape index (κ3) is 6.12. The number of benzene rings is 1. The number of carbonyl (C=O) groups excluding carboxylic acids is 1. The van der Waals surface area contributed by atoms with Crippen molar-refractivity contribution in [3.63, 3.8) is 0 Å². The van der Waals surface area contributed by atoms with E-state index in [9.17, 15) is 13.2 Å². The van der Waals surface area contributed by atoms with Gasteiger partial charge >= 0.3 is 0 Å². The molecule has 14 heteroatoms. The van der Waals surface area contributed by atoms with E-state index >= 15 is 0 Å². The van der Waals surface area contributed by atoms with Gasteiger partial charge in [-0.1, -0.05) is 29.0 Å². The molecular formula is C23H28Cl2N4O4S4. The van der Waals surface area contributed by atoms with Crippen molar-refractivity contribution in [3.8, 4) is 0 Å². The van der Waals surface area contributed by atoms with E-state index in [2.05, 4.69) is 4.90 Å². The van der Waals surface area contributed by atoms with Crippen LogP contribution in [-0.4, -0.2) is 86.7 Å². The van der Waals surface area contributed by atoms with Crippen LogP contribution in [-0.2, 0) is 19.6 Å². The molecule has 8 nitrogen and oxygen atoms in total. The fraction of sp³-hybridized carbons (Fsp3) is 0.478. The van der Waals surface area contributed by atoms with Crippen molar-refractivity contribution in [3.05, 3.63) is 34.7 Å². The lowest BCUT2D eigenvalue weighted by molar-refractivity contribution is -0.121. The molecule has 0 spiro atoms. The maximum Gasteiger partial charge on any atom is 0.253 e. The number of sulfonamides is 1. The van der Waals surface area contributed by atoms with Crippen LogP contribution in [0.5, 0.6) is 0 Å². The highest BCUT2D eigenvalue weighted by molar-refractivity contribution is 7.98. The average molecular weight is 624 g/mol. The standard InChI is InChI=1S/C23H27ClN4O4S4.ClH/c1-33-17-5-2-6-18-21(17)25-23(34-18)27(11-10-26-12-14-32-15-13-26)22(29)16-4-3-9-28(16)36(30,31)20-8-7-19(24)35-20;/h2,5-8,16H,3-4,9-15H2,1H3;1H. The Morgan fingerprint density at radius 1 is 1.22 bits per heavy atom. The number of amides is 1. The van der Waals surface area contributed by atoms with E-state index < -0.39 is 16.1 Å². The summed E-state index contributed by atoms with van der Waals surface area (Å²) in [6, 6.07) is 8.34. The molecule has 2 aliphatic rings. The van der Waals surface area contributed by atoms with Crippen LogP contribution in [0.1, 0.15) is 12.8 Å². The highest BCUT2D eigenvalue weighted by atomic mass is 35.5. The molecule has 4 heterocycles. The van der Waals surface area contributed by atoms with Crippen molar-refractivity contribution in [1.29, 1.82) is 0 Å². The molecule has 1 unspecified atom stereocenters. The Bertz CT molecular complexity index is 1340. The Balaban J connectivity index is 0.00000320. The van der Waals surface area contributed by atoms with Crippen LogP contribution in [0.25, 0.3) is 10.2 Å². The van der Waals surface area contributed by atoms with Gasteiger partial charge in [0.05, 0.1) is 27.8 Å². The summed E-state index contributed by atoms with van der Waals surface area (Å²) in [5.41, 5.74) is 0.873. The summed E-state index contributed by atoms with van der Waals surface area (Å²) in [5, 5.41) is 0.605. The Kier molecular flexibility index (Phi) is 9.79. The summed E-state index contributed by atoms with van der Waals surface area (Å²) in [6.07, 6.45) is 3.11. The molecule has 0 radical (unpaired) electrons. The number of aromatic nitrogens is 1. The van der Waals surface area contributed by atoms with Crippen LogP contribution >= 0.6 is 58.4 Å². The Morgan fingerprint density at radius 2 is 2.00 bits per heavy atom. The van der Waals surface area contributed by atoms with Gasteiger partial charge in [0.15, 0.2) is 5.13 Å². The van der Waals surface area contributed by atoms with Gasteiger partial charge in [-0.15, -0.1) is 35.5 Å². The lowest BCUT2D eigenvalue weighted by Gasteiger charge is -2.31. The van der Waals surface area contributed by atoms with Gasteiger partial charge in [0, 0.05) is 37.6 Å². The number of hydrogen-bond donors (Lipinski definition) is 0. The molecule has 1 amide bonds. The zero-order chi connectivity index (χ0) is 25.3. The van der Waals surface area contributed by atoms with Crippen LogP contribution in [0.3, 0.4) is 0 Å². The molecule has 3 aromatic rings. The fourth-order valence-electron chi connectivity index (χ4n) is 4.56. The molecule has 37 heavy (non-hydrogen) atoms. The normalized spacial score (nSPS) is 19.2. The molecule has 2 fully saturated rings. The molecule has 5 rings (SSSR count). The van der Waals surface area contributed by atoms with E-state index in [1.807, 2.05) is 24.5 Å². The van der Waals surface area contributed by atoms with E-state index in [-0.39, 0.29) is 22.5 Å². The number of hydrogen-bond acceptors (Lipinski definition) is 9. The number of fused-ring (bicyclic) bond motifs is 1. The van der Waals surface area contributed by atoms with Crippen LogP contribution in [0.4, 0.5) is 5.13 Å². The van der Waals surface area contributed by atoms with Gasteiger partial charge in [0.25, 0.3) is 10.0 Å². The topological polar surface area (TPSA) is 83.0 Å². The van der Waals surface area contributed by atoms with Crippen molar-refractivity contribution >= 4 is 89.7 Å². The van der Waals surface area contributed by atoms with Gasteiger partial charge in [0.2, 0.25) is 5.91 Å². The molecule has 2 saturated heterocycles. The van der Waals surface area contributed by atoms with Crippen molar-refractivity contribution in [2.75, 3.05) is 57.1 Å². The molecule has 2 aliphatic heterocycles. The van der Waals surface area contributed by atoms with Crippen LogP contribution in [0, 0.1) is 0 Å². The Labute approximate surface area is 240 Å². The third-order valence-corrected chi connectivity index (χ3v) is 11.9. The summed E-state index contributed by atoms with van der Waals surface area (Å²) in [4.78, 5) is 23.9. The number of para-hydroxylation sites is 1. The predicted molar refractivity (Wildman–Crippen MR) is 155 cm³/mol. The van der Waals surface area contributed by atoms with Gasteiger partial charge in [-0.25, -0.2) is 13.4 Å². The summed E-state index contributed by atoms with van der Waals surface area (Å²) < 4.78 is 35.2. The monoisotopic (exact) mass is 622 g/mol. The molecule has 1 aromatic carbocycles. The van der Waals surface area contributed by atoms with Crippen LogP contribution in [0.15, 0.2) is 39.4 Å². The maximum atomic E-state index is 14.1. The first-order valence-electron chi connectivity index (χ1n) is 11.7. The average Bonchev–Trinajstić information content (AvgIpc) is 3.64. The number of morpholine rings is 1. The summed E-state index contributed by atoms with van der Waals surface area (Å²) in [5.74, 6) is -0.225. The first-order valence-corrected chi connectivity index (χ1v) is 16.4. The van der Waals surface area contributed by atoms with Gasteiger partial charge in [-0.05, 0) is 43.4 Å². The molecule has 202 valence electrons. The summed E-state index contributed by atoms with van der Waals surface area (Å²) in [7, 11) is -3.83. The van der Waals surface area contributed by atoms with E-state index in [0.717, 1.165) is 39.5 Å².